The van der Waals surface area contributed by atoms with Crippen LogP contribution in [0.3, 0.4) is 0 Å². The average molecular weight is 186 g/mol. The van der Waals surface area contributed by atoms with Gasteiger partial charge in [0, 0.05) is 0 Å². The van der Waals surface area contributed by atoms with Crippen molar-refractivity contribution < 1.29 is 5.11 Å². The maximum atomic E-state index is 10.1. The van der Waals surface area contributed by atoms with Gasteiger partial charge in [0.05, 0.1) is 0 Å². The second-order valence-electron chi connectivity index (χ2n) is 4.20. The summed E-state index contributed by atoms with van der Waals surface area (Å²) in [6, 6.07) is 8.28. The van der Waals surface area contributed by atoms with Crippen LogP contribution >= 0.6 is 0 Å². The number of allylic oxidation sites excluding steroid dienone is 1. The molecule has 1 heteroatoms. The third-order valence-electron chi connectivity index (χ3n) is 3.42. The Balaban J connectivity index is 2.18. The van der Waals surface area contributed by atoms with Crippen LogP contribution in [0.25, 0.3) is 5.57 Å². The number of hydrogen-bond acceptors (Lipinski definition) is 1. The fraction of sp³-hybridized carbons (Fsp3) is 0.385. The van der Waals surface area contributed by atoms with E-state index in [0.717, 1.165) is 18.4 Å². The van der Waals surface area contributed by atoms with Gasteiger partial charge < -0.3 is 5.11 Å². The molecule has 1 atom stereocenters. The molecule has 0 radical (unpaired) electrons. The first-order chi connectivity index (χ1) is 6.88. The lowest BCUT2D eigenvalue weighted by Gasteiger charge is -2.15. The van der Waals surface area contributed by atoms with Gasteiger partial charge in [0.1, 0.15) is 6.10 Å². The topological polar surface area (TPSA) is 20.2 Å². The smallest absolute Gasteiger partial charge is 0.101 e. The van der Waals surface area contributed by atoms with E-state index in [1.54, 1.807) is 0 Å². The molecule has 2 aliphatic carbocycles. The van der Waals surface area contributed by atoms with Crippen molar-refractivity contribution in [2.45, 2.75) is 31.8 Å². The highest BCUT2D eigenvalue weighted by Gasteiger charge is 2.30. The van der Waals surface area contributed by atoms with Crippen molar-refractivity contribution >= 4 is 5.57 Å². The van der Waals surface area contributed by atoms with E-state index >= 15 is 0 Å². The van der Waals surface area contributed by atoms with Gasteiger partial charge in [-0.15, -0.1) is 0 Å². The normalized spacial score (nSPS) is 24.8. The van der Waals surface area contributed by atoms with E-state index in [0.29, 0.717) is 0 Å². The van der Waals surface area contributed by atoms with Crippen molar-refractivity contribution in [1.29, 1.82) is 0 Å². The third kappa shape index (κ3) is 0.992. The molecule has 0 fully saturated rings. The SMILES string of the molecule is OC1C2=C(CCCC2)c2ccccc21. The van der Waals surface area contributed by atoms with Crippen LogP contribution in [0.15, 0.2) is 29.8 Å². The maximum Gasteiger partial charge on any atom is 0.101 e. The molecule has 0 aliphatic heterocycles. The van der Waals surface area contributed by atoms with E-state index in [2.05, 4.69) is 18.2 Å². The summed E-state index contributed by atoms with van der Waals surface area (Å²) in [6.45, 7) is 0. The largest absolute Gasteiger partial charge is 0.384 e. The molecule has 0 spiro atoms. The number of aliphatic hydroxyl groups excluding tert-OH is 1. The Morgan fingerprint density at radius 2 is 1.86 bits per heavy atom. The average Bonchev–Trinajstić information content (AvgIpc) is 2.55. The van der Waals surface area contributed by atoms with Gasteiger partial charge in [0.25, 0.3) is 0 Å². The van der Waals surface area contributed by atoms with E-state index < -0.39 is 0 Å². The maximum absolute atomic E-state index is 10.1. The Labute approximate surface area is 84.1 Å². The first-order valence-corrected chi connectivity index (χ1v) is 5.37. The molecule has 1 N–H and O–H groups in total. The fourth-order valence-corrected chi connectivity index (χ4v) is 2.74. The van der Waals surface area contributed by atoms with Crippen molar-refractivity contribution in [3.8, 4) is 0 Å². The molecule has 72 valence electrons. The van der Waals surface area contributed by atoms with Crippen LogP contribution in [0.1, 0.15) is 42.9 Å². The third-order valence-corrected chi connectivity index (χ3v) is 3.42. The van der Waals surface area contributed by atoms with Gasteiger partial charge >= 0.3 is 0 Å². The zero-order valence-electron chi connectivity index (χ0n) is 8.16. The van der Waals surface area contributed by atoms with E-state index in [1.807, 2.05) is 6.07 Å². The molecule has 0 bridgehead atoms. The minimum absolute atomic E-state index is 0.304. The molecule has 0 heterocycles. The van der Waals surface area contributed by atoms with E-state index in [-0.39, 0.29) is 6.10 Å². The standard InChI is InChI=1S/C13H14O/c14-13-11-7-3-1-5-9(11)10-6-2-4-8-12(10)13/h1,3,5,7,13-14H,2,4,6,8H2. The van der Waals surface area contributed by atoms with Gasteiger partial charge in [-0.2, -0.15) is 0 Å². The Morgan fingerprint density at radius 1 is 1.07 bits per heavy atom. The molecule has 0 amide bonds. The number of benzene rings is 1. The lowest BCUT2D eigenvalue weighted by Crippen LogP contribution is -1.99. The molecule has 3 rings (SSSR count). The number of hydrogen-bond donors (Lipinski definition) is 1. The lowest BCUT2D eigenvalue weighted by atomic mass is 9.91. The summed E-state index contributed by atoms with van der Waals surface area (Å²) < 4.78 is 0. The fourth-order valence-electron chi connectivity index (χ4n) is 2.74. The molecule has 1 unspecified atom stereocenters. The van der Waals surface area contributed by atoms with Crippen molar-refractivity contribution in [3.63, 3.8) is 0 Å². The summed E-state index contributed by atoms with van der Waals surface area (Å²) in [4.78, 5) is 0. The molecular weight excluding hydrogens is 172 g/mol. The van der Waals surface area contributed by atoms with E-state index in [4.69, 9.17) is 0 Å². The minimum Gasteiger partial charge on any atom is -0.384 e. The predicted octanol–water partition coefficient (Wildman–Crippen LogP) is 3.06. The lowest BCUT2D eigenvalue weighted by molar-refractivity contribution is 0.213. The highest BCUT2D eigenvalue weighted by molar-refractivity contribution is 5.78. The summed E-state index contributed by atoms with van der Waals surface area (Å²) >= 11 is 0. The quantitative estimate of drug-likeness (QED) is 0.660. The Kier molecular flexibility index (Phi) is 1.74. The highest BCUT2D eigenvalue weighted by atomic mass is 16.3. The molecule has 2 aliphatic rings. The first kappa shape index (κ1) is 8.25. The molecule has 1 nitrogen and oxygen atoms in total. The van der Waals surface area contributed by atoms with Gasteiger partial charge in [-0.1, -0.05) is 24.3 Å². The van der Waals surface area contributed by atoms with Crippen molar-refractivity contribution in [3.05, 3.63) is 41.0 Å². The summed E-state index contributed by atoms with van der Waals surface area (Å²) in [5.41, 5.74) is 5.14. The Morgan fingerprint density at radius 3 is 2.79 bits per heavy atom. The van der Waals surface area contributed by atoms with Crippen LogP contribution in [0.5, 0.6) is 0 Å². The zero-order valence-corrected chi connectivity index (χ0v) is 8.16. The van der Waals surface area contributed by atoms with Gasteiger partial charge in [-0.25, -0.2) is 0 Å². The van der Waals surface area contributed by atoms with Crippen LogP contribution in [-0.4, -0.2) is 5.11 Å². The summed E-state index contributed by atoms with van der Waals surface area (Å²) in [7, 11) is 0. The summed E-state index contributed by atoms with van der Waals surface area (Å²) in [5, 5.41) is 10.1. The first-order valence-electron chi connectivity index (χ1n) is 5.37. The number of rotatable bonds is 0. The minimum atomic E-state index is -0.304. The number of aliphatic hydroxyl groups is 1. The zero-order chi connectivity index (χ0) is 9.54. The highest BCUT2D eigenvalue weighted by Crippen LogP contribution is 2.46. The van der Waals surface area contributed by atoms with Crippen LogP contribution in [0.2, 0.25) is 0 Å². The summed E-state index contributed by atoms with van der Waals surface area (Å²) in [5.74, 6) is 0. The van der Waals surface area contributed by atoms with Crippen LogP contribution < -0.4 is 0 Å². The van der Waals surface area contributed by atoms with Crippen LogP contribution in [-0.2, 0) is 0 Å². The van der Waals surface area contributed by atoms with Crippen LogP contribution in [0.4, 0.5) is 0 Å². The van der Waals surface area contributed by atoms with Gasteiger partial charge in [0.2, 0.25) is 0 Å². The molecule has 1 aromatic carbocycles. The summed E-state index contributed by atoms with van der Waals surface area (Å²) in [6.07, 6.45) is 4.46. The van der Waals surface area contributed by atoms with E-state index in [1.165, 1.54) is 29.6 Å². The van der Waals surface area contributed by atoms with Gasteiger partial charge in [-0.05, 0) is 48.0 Å². The molecule has 1 aromatic rings. The molecule has 0 aromatic heterocycles. The molecular formula is C13H14O. The van der Waals surface area contributed by atoms with Crippen molar-refractivity contribution in [2.75, 3.05) is 0 Å². The van der Waals surface area contributed by atoms with Gasteiger partial charge in [0.15, 0.2) is 0 Å². The number of fused-ring (bicyclic) bond motifs is 2. The Hall–Kier alpha value is -1.08. The second kappa shape index (κ2) is 2.96. The van der Waals surface area contributed by atoms with Gasteiger partial charge in [-0.3, -0.25) is 0 Å². The second-order valence-corrected chi connectivity index (χ2v) is 4.20. The van der Waals surface area contributed by atoms with E-state index in [9.17, 15) is 5.11 Å². The predicted molar refractivity (Wildman–Crippen MR) is 56.8 cm³/mol. The van der Waals surface area contributed by atoms with Crippen molar-refractivity contribution in [1.82, 2.24) is 0 Å². The van der Waals surface area contributed by atoms with Crippen molar-refractivity contribution in [2.24, 2.45) is 0 Å². The van der Waals surface area contributed by atoms with Crippen LogP contribution in [0, 0.1) is 0 Å². The molecule has 0 saturated carbocycles. The molecule has 14 heavy (non-hydrogen) atoms. The monoisotopic (exact) mass is 186 g/mol. The Bertz CT molecular complexity index is 403. The molecule has 0 saturated heterocycles.